The fraction of sp³-hybridized carbons (Fsp3) is 0.286. The highest BCUT2D eigenvalue weighted by molar-refractivity contribution is 5.94. The molecule has 0 unspecified atom stereocenters. The van der Waals surface area contributed by atoms with E-state index in [0.717, 1.165) is 17.0 Å². The average molecular weight is 381 g/mol. The van der Waals surface area contributed by atoms with Gasteiger partial charge in [0.1, 0.15) is 12.4 Å². The number of carbonyl (C=O) groups is 1. The second-order valence-corrected chi connectivity index (χ2v) is 6.18. The monoisotopic (exact) mass is 381 g/mol. The lowest BCUT2D eigenvalue weighted by Gasteiger charge is -2.13. The minimum absolute atomic E-state index is 0.219. The van der Waals surface area contributed by atoms with Crippen LogP contribution in [0.2, 0.25) is 0 Å². The molecule has 2 heterocycles. The molecule has 0 saturated heterocycles. The van der Waals surface area contributed by atoms with E-state index in [4.69, 9.17) is 13.9 Å². The summed E-state index contributed by atoms with van der Waals surface area (Å²) >= 11 is 0. The first-order valence-corrected chi connectivity index (χ1v) is 9.06. The number of aryl methyl sites for hydroxylation is 2. The van der Waals surface area contributed by atoms with E-state index in [1.54, 1.807) is 30.6 Å². The van der Waals surface area contributed by atoms with Crippen LogP contribution in [0.3, 0.4) is 0 Å². The number of nitrogens with one attached hydrogen (secondary N) is 1. The van der Waals surface area contributed by atoms with Gasteiger partial charge in [0.15, 0.2) is 11.5 Å². The first-order valence-electron chi connectivity index (χ1n) is 9.06. The molecular formula is C21H23N3O4. The number of aromatic nitrogens is 2. The van der Waals surface area contributed by atoms with Crippen LogP contribution in [0.5, 0.6) is 11.5 Å². The Morgan fingerprint density at radius 3 is 2.71 bits per heavy atom. The zero-order valence-corrected chi connectivity index (χ0v) is 16.2. The van der Waals surface area contributed by atoms with Crippen molar-refractivity contribution in [3.8, 4) is 11.5 Å². The third-order valence-electron chi connectivity index (χ3n) is 4.10. The molecule has 2 aromatic heterocycles. The van der Waals surface area contributed by atoms with Gasteiger partial charge in [0, 0.05) is 23.5 Å². The number of carbonyl (C=O) groups excluding carboxylic acids is 1. The molecule has 0 spiro atoms. The summed E-state index contributed by atoms with van der Waals surface area (Å²) in [5.74, 6) is 2.07. The number of hydrogen-bond acceptors (Lipinski definition) is 6. The standard InChI is InChI=1S/C21H23N3O4/c1-4-26-19-10-17(21(25)23-12-20-24-14(2)15(3)28-20)7-8-18(19)27-13-16-6-5-9-22-11-16/h5-11H,4,12-13H2,1-3H3,(H,23,25). The van der Waals surface area contributed by atoms with Gasteiger partial charge in [0.2, 0.25) is 5.89 Å². The molecule has 0 fully saturated rings. The molecule has 1 amide bonds. The molecule has 146 valence electrons. The average Bonchev–Trinajstić information content (AvgIpc) is 3.03. The summed E-state index contributed by atoms with van der Waals surface area (Å²) in [6.45, 7) is 6.63. The van der Waals surface area contributed by atoms with E-state index >= 15 is 0 Å². The Labute approximate surface area is 163 Å². The Hall–Kier alpha value is -3.35. The Morgan fingerprint density at radius 1 is 1.18 bits per heavy atom. The summed E-state index contributed by atoms with van der Waals surface area (Å²) in [7, 11) is 0. The van der Waals surface area contributed by atoms with E-state index in [1.165, 1.54) is 0 Å². The van der Waals surface area contributed by atoms with Crippen LogP contribution in [-0.2, 0) is 13.2 Å². The number of pyridine rings is 1. The molecule has 0 saturated carbocycles. The zero-order chi connectivity index (χ0) is 19.9. The summed E-state index contributed by atoms with van der Waals surface area (Å²) in [6.07, 6.45) is 3.46. The first-order chi connectivity index (χ1) is 13.6. The highest BCUT2D eigenvalue weighted by Gasteiger charge is 2.13. The van der Waals surface area contributed by atoms with Gasteiger partial charge in [-0.05, 0) is 45.0 Å². The Morgan fingerprint density at radius 2 is 2.04 bits per heavy atom. The van der Waals surface area contributed by atoms with Crippen LogP contribution < -0.4 is 14.8 Å². The molecule has 0 aliphatic heterocycles. The fourth-order valence-electron chi connectivity index (χ4n) is 2.55. The molecule has 3 aromatic rings. The van der Waals surface area contributed by atoms with Gasteiger partial charge in [0.25, 0.3) is 5.91 Å². The van der Waals surface area contributed by atoms with Gasteiger partial charge < -0.3 is 19.2 Å². The van der Waals surface area contributed by atoms with Crippen LogP contribution in [0.1, 0.15) is 40.2 Å². The Bertz CT molecular complexity index is 919. The summed E-state index contributed by atoms with van der Waals surface area (Å²) in [5.41, 5.74) is 2.23. The van der Waals surface area contributed by atoms with E-state index in [0.29, 0.717) is 36.2 Å². The van der Waals surface area contributed by atoms with Gasteiger partial charge >= 0.3 is 0 Å². The van der Waals surface area contributed by atoms with Gasteiger partial charge in [-0.2, -0.15) is 0 Å². The van der Waals surface area contributed by atoms with Crippen molar-refractivity contribution in [1.29, 1.82) is 0 Å². The predicted molar refractivity (Wildman–Crippen MR) is 103 cm³/mol. The van der Waals surface area contributed by atoms with E-state index in [1.807, 2.05) is 32.9 Å². The maximum atomic E-state index is 12.5. The molecule has 3 rings (SSSR count). The smallest absolute Gasteiger partial charge is 0.251 e. The lowest BCUT2D eigenvalue weighted by Crippen LogP contribution is -2.23. The molecule has 28 heavy (non-hydrogen) atoms. The number of benzene rings is 1. The fourth-order valence-corrected chi connectivity index (χ4v) is 2.55. The SMILES string of the molecule is CCOc1cc(C(=O)NCc2nc(C)c(C)o2)ccc1OCc1cccnc1. The van der Waals surface area contributed by atoms with Crippen LogP contribution in [0, 0.1) is 13.8 Å². The van der Waals surface area contributed by atoms with E-state index in [-0.39, 0.29) is 12.5 Å². The van der Waals surface area contributed by atoms with Crippen molar-refractivity contribution >= 4 is 5.91 Å². The second kappa shape index (κ2) is 9.03. The van der Waals surface area contributed by atoms with Crippen LogP contribution in [0.4, 0.5) is 0 Å². The first kappa shape index (κ1) is 19.4. The lowest BCUT2D eigenvalue weighted by atomic mass is 10.2. The van der Waals surface area contributed by atoms with Gasteiger partial charge in [0.05, 0.1) is 18.8 Å². The predicted octanol–water partition coefficient (Wildman–Crippen LogP) is 3.59. The topological polar surface area (TPSA) is 86.5 Å². The lowest BCUT2D eigenvalue weighted by molar-refractivity contribution is 0.0946. The van der Waals surface area contributed by atoms with Crippen molar-refractivity contribution in [3.63, 3.8) is 0 Å². The second-order valence-electron chi connectivity index (χ2n) is 6.18. The number of ether oxygens (including phenoxy) is 2. The van der Waals surface area contributed by atoms with Gasteiger partial charge in [-0.25, -0.2) is 4.98 Å². The van der Waals surface area contributed by atoms with Gasteiger partial charge in [-0.1, -0.05) is 6.07 Å². The third kappa shape index (κ3) is 4.88. The molecule has 0 aliphatic carbocycles. The summed E-state index contributed by atoms with van der Waals surface area (Å²) in [4.78, 5) is 20.8. The van der Waals surface area contributed by atoms with Crippen LogP contribution in [-0.4, -0.2) is 22.5 Å². The number of nitrogens with zero attached hydrogens (tertiary/aromatic N) is 2. The van der Waals surface area contributed by atoms with E-state index < -0.39 is 0 Å². The normalized spacial score (nSPS) is 10.5. The molecule has 7 heteroatoms. The van der Waals surface area contributed by atoms with E-state index in [9.17, 15) is 4.79 Å². The number of rotatable bonds is 8. The van der Waals surface area contributed by atoms with Crippen molar-refractivity contribution in [3.05, 3.63) is 71.2 Å². The maximum absolute atomic E-state index is 12.5. The largest absolute Gasteiger partial charge is 0.490 e. The highest BCUT2D eigenvalue weighted by atomic mass is 16.5. The van der Waals surface area contributed by atoms with E-state index in [2.05, 4.69) is 15.3 Å². The molecule has 1 N–H and O–H groups in total. The molecule has 0 atom stereocenters. The Kier molecular flexibility index (Phi) is 6.26. The molecule has 7 nitrogen and oxygen atoms in total. The van der Waals surface area contributed by atoms with Crippen molar-refractivity contribution in [2.75, 3.05) is 6.61 Å². The Balaban J connectivity index is 1.67. The van der Waals surface area contributed by atoms with Crippen LogP contribution in [0.15, 0.2) is 47.1 Å². The number of hydrogen-bond donors (Lipinski definition) is 1. The summed E-state index contributed by atoms with van der Waals surface area (Å²) in [5, 5.41) is 2.80. The van der Waals surface area contributed by atoms with Crippen LogP contribution in [0.25, 0.3) is 0 Å². The zero-order valence-electron chi connectivity index (χ0n) is 16.2. The van der Waals surface area contributed by atoms with Crippen molar-refractivity contribution in [2.24, 2.45) is 0 Å². The minimum atomic E-state index is -0.242. The van der Waals surface area contributed by atoms with Gasteiger partial charge in [-0.15, -0.1) is 0 Å². The molecule has 0 radical (unpaired) electrons. The molecular weight excluding hydrogens is 358 g/mol. The van der Waals surface area contributed by atoms with Crippen LogP contribution >= 0.6 is 0 Å². The van der Waals surface area contributed by atoms with Crippen molar-refractivity contribution in [1.82, 2.24) is 15.3 Å². The molecule has 0 bridgehead atoms. The quantitative estimate of drug-likeness (QED) is 0.642. The number of oxazole rings is 1. The van der Waals surface area contributed by atoms with Crippen molar-refractivity contribution in [2.45, 2.75) is 33.9 Å². The summed E-state index contributed by atoms with van der Waals surface area (Å²) < 4.78 is 17.0. The van der Waals surface area contributed by atoms with Crippen molar-refractivity contribution < 1.29 is 18.7 Å². The molecule has 1 aromatic carbocycles. The minimum Gasteiger partial charge on any atom is -0.490 e. The third-order valence-corrected chi connectivity index (χ3v) is 4.10. The summed E-state index contributed by atoms with van der Waals surface area (Å²) in [6, 6.07) is 8.88. The highest BCUT2D eigenvalue weighted by Crippen LogP contribution is 2.29. The van der Waals surface area contributed by atoms with Gasteiger partial charge in [-0.3, -0.25) is 9.78 Å². The molecule has 0 aliphatic rings. The maximum Gasteiger partial charge on any atom is 0.251 e. The number of amides is 1.